The molecule has 0 aliphatic carbocycles. The van der Waals surface area contributed by atoms with Crippen molar-refractivity contribution in [2.45, 2.75) is 32.9 Å². The van der Waals surface area contributed by atoms with Gasteiger partial charge in [-0.3, -0.25) is 4.79 Å². The van der Waals surface area contributed by atoms with Crippen LogP contribution in [0.1, 0.15) is 32.4 Å². The smallest absolute Gasteiger partial charge is 0.236 e. The fourth-order valence-electron chi connectivity index (χ4n) is 1.72. The molecular formula is C15H22F2N2O2. The number of amides is 1. The Labute approximate surface area is 123 Å². The molecule has 6 heteroatoms. The van der Waals surface area contributed by atoms with Gasteiger partial charge in [-0.15, -0.1) is 0 Å². The molecule has 0 fully saturated rings. The summed E-state index contributed by atoms with van der Waals surface area (Å²) in [5.74, 6) is -1.15. The lowest BCUT2D eigenvalue weighted by molar-refractivity contribution is -0.123. The average Bonchev–Trinajstić information content (AvgIpc) is 2.44. The first-order valence-corrected chi connectivity index (χ1v) is 6.95. The summed E-state index contributed by atoms with van der Waals surface area (Å²) in [7, 11) is 0. The fraction of sp³-hybridized carbons (Fsp3) is 0.533. The Morgan fingerprint density at radius 2 is 1.90 bits per heavy atom. The van der Waals surface area contributed by atoms with Crippen molar-refractivity contribution in [2.75, 3.05) is 13.1 Å². The minimum absolute atomic E-state index is 0.0450. The Hall–Kier alpha value is -1.53. The van der Waals surface area contributed by atoms with Crippen LogP contribution in [0.25, 0.3) is 0 Å². The molecule has 0 bridgehead atoms. The summed E-state index contributed by atoms with van der Waals surface area (Å²) in [5, 5.41) is 15.4. The molecule has 2 unspecified atom stereocenters. The van der Waals surface area contributed by atoms with Crippen molar-refractivity contribution < 1.29 is 18.7 Å². The van der Waals surface area contributed by atoms with Gasteiger partial charge >= 0.3 is 0 Å². The third-order valence-corrected chi connectivity index (χ3v) is 3.01. The van der Waals surface area contributed by atoms with Gasteiger partial charge in [0, 0.05) is 18.7 Å². The van der Waals surface area contributed by atoms with E-state index in [-0.39, 0.29) is 18.0 Å². The monoisotopic (exact) mass is 300 g/mol. The molecule has 1 amide bonds. The van der Waals surface area contributed by atoms with Gasteiger partial charge in [0.1, 0.15) is 11.6 Å². The van der Waals surface area contributed by atoms with Crippen LogP contribution in [0.3, 0.4) is 0 Å². The normalized spacial score (nSPS) is 14.0. The van der Waals surface area contributed by atoms with Gasteiger partial charge in [-0.25, -0.2) is 8.78 Å². The molecule has 1 aromatic rings. The molecule has 0 spiro atoms. The molecule has 0 radical (unpaired) electrons. The predicted octanol–water partition coefficient (Wildman–Crippen LogP) is 1.75. The standard InChI is InChI=1S/C15H22F2N2O2/c1-9(2)7-19-15(21)10(3)18-8-14(20)12-6-11(16)4-5-13(12)17/h4-6,9-10,14,18,20H,7-8H2,1-3H3,(H,19,21). The predicted molar refractivity (Wildman–Crippen MR) is 76.6 cm³/mol. The van der Waals surface area contributed by atoms with Crippen LogP contribution in [-0.2, 0) is 4.79 Å². The largest absolute Gasteiger partial charge is 0.387 e. The Morgan fingerprint density at radius 1 is 1.24 bits per heavy atom. The highest BCUT2D eigenvalue weighted by molar-refractivity contribution is 5.81. The van der Waals surface area contributed by atoms with E-state index in [0.717, 1.165) is 18.2 Å². The number of hydrogen-bond acceptors (Lipinski definition) is 3. The summed E-state index contributed by atoms with van der Waals surface area (Å²) in [5.41, 5.74) is -0.128. The molecule has 1 rings (SSSR count). The third-order valence-electron chi connectivity index (χ3n) is 3.01. The second-order valence-corrected chi connectivity index (χ2v) is 5.45. The zero-order valence-corrected chi connectivity index (χ0v) is 12.5. The van der Waals surface area contributed by atoms with E-state index in [9.17, 15) is 18.7 Å². The van der Waals surface area contributed by atoms with Crippen molar-refractivity contribution in [1.82, 2.24) is 10.6 Å². The molecule has 2 atom stereocenters. The van der Waals surface area contributed by atoms with Crippen LogP contribution in [0.4, 0.5) is 8.78 Å². The van der Waals surface area contributed by atoms with Crippen molar-refractivity contribution in [3.8, 4) is 0 Å². The SMILES string of the molecule is CC(C)CNC(=O)C(C)NCC(O)c1cc(F)ccc1F. The quantitative estimate of drug-likeness (QED) is 0.719. The van der Waals surface area contributed by atoms with E-state index in [1.165, 1.54) is 0 Å². The maximum atomic E-state index is 13.5. The van der Waals surface area contributed by atoms with Gasteiger partial charge in [-0.2, -0.15) is 0 Å². The summed E-state index contributed by atoms with van der Waals surface area (Å²) in [6.07, 6.45) is -1.22. The number of benzene rings is 1. The topological polar surface area (TPSA) is 61.4 Å². The zero-order valence-electron chi connectivity index (χ0n) is 12.5. The molecule has 0 saturated carbocycles. The number of aliphatic hydroxyl groups is 1. The number of rotatable bonds is 7. The number of hydrogen-bond donors (Lipinski definition) is 3. The van der Waals surface area contributed by atoms with Crippen LogP contribution in [-0.4, -0.2) is 30.1 Å². The number of carbonyl (C=O) groups excluding carboxylic acids is 1. The van der Waals surface area contributed by atoms with Gasteiger partial charge in [0.2, 0.25) is 5.91 Å². The van der Waals surface area contributed by atoms with Crippen LogP contribution in [0.2, 0.25) is 0 Å². The first-order chi connectivity index (χ1) is 9.81. The second kappa shape index (κ2) is 8.05. The Kier molecular flexibility index (Phi) is 6.71. The highest BCUT2D eigenvalue weighted by Crippen LogP contribution is 2.17. The summed E-state index contributed by atoms with van der Waals surface area (Å²) < 4.78 is 26.5. The average molecular weight is 300 g/mol. The lowest BCUT2D eigenvalue weighted by Gasteiger charge is -2.18. The molecule has 0 aromatic heterocycles. The van der Waals surface area contributed by atoms with Gasteiger partial charge in [0.25, 0.3) is 0 Å². The molecule has 3 N–H and O–H groups in total. The van der Waals surface area contributed by atoms with Crippen molar-refractivity contribution >= 4 is 5.91 Å². The summed E-state index contributed by atoms with van der Waals surface area (Å²) in [4.78, 5) is 11.7. The van der Waals surface area contributed by atoms with Gasteiger partial charge in [-0.05, 0) is 31.0 Å². The van der Waals surface area contributed by atoms with Gasteiger partial charge in [0.05, 0.1) is 12.1 Å². The van der Waals surface area contributed by atoms with E-state index in [1.54, 1.807) is 6.92 Å². The summed E-state index contributed by atoms with van der Waals surface area (Å²) in [6.45, 7) is 6.12. The molecule has 0 saturated heterocycles. The van der Waals surface area contributed by atoms with Crippen molar-refractivity contribution in [3.63, 3.8) is 0 Å². The number of carbonyl (C=O) groups is 1. The van der Waals surface area contributed by atoms with Gasteiger partial charge in [-0.1, -0.05) is 13.8 Å². The van der Waals surface area contributed by atoms with Crippen molar-refractivity contribution in [2.24, 2.45) is 5.92 Å². The minimum atomic E-state index is -1.22. The fourth-order valence-corrected chi connectivity index (χ4v) is 1.72. The first-order valence-electron chi connectivity index (χ1n) is 6.95. The maximum Gasteiger partial charge on any atom is 0.236 e. The molecular weight excluding hydrogens is 278 g/mol. The van der Waals surface area contributed by atoms with Crippen molar-refractivity contribution in [3.05, 3.63) is 35.4 Å². The molecule has 118 valence electrons. The van der Waals surface area contributed by atoms with E-state index in [0.29, 0.717) is 12.5 Å². The molecule has 1 aromatic carbocycles. The van der Waals surface area contributed by atoms with E-state index in [4.69, 9.17) is 0 Å². The highest BCUT2D eigenvalue weighted by atomic mass is 19.1. The van der Waals surface area contributed by atoms with Crippen LogP contribution >= 0.6 is 0 Å². The van der Waals surface area contributed by atoms with Crippen LogP contribution < -0.4 is 10.6 Å². The third kappa shape index (κ3) is 5.77. The van der Waals surface area contributed by atoms with E-state index >= 15 is 0 Å². The maximum absolute atomic E-state index is 13.5. The van der Waals surface area contributed by atoms with E-state index in [2.05, 4.69) is 10.6 Å². The Bertz CT molecular complexity index is 481. The Balaban J connectivity index is 2.50. The lowest BCUT2D eigenvalue weighted by Crippen LogP contribution is -2.44. The molecule has 0 aliphatic rings. The number of halogens is 2. The summed E-state index contributed by atoms with van der Waals surface area (Å²) in [6, 6.07) is 2.37. The lowest BCUT2D eigenvalue weighted by atomic mass is 10.1. The van der Waals surface area contributed by atoms with Crippen LogP contribution in [0, 0.1) is 17.6 Å². The number of nitrogens with one attached hydrogen (secondary N) is 2. The first kappa shape index (κ1) is 17.5. The number of aliphatic hydroxyl groups excluding tert-OH is 1. The Morgan fingerprint density at radius 3 is 2.52 bits per heavy atom. The highest BCUT2D eigenvalue weighted by Gasteiger charge is 2.17. The van der Waals surface area contributed by atoms with E-state index < -0.39 is 23.8 Å². The second-order valence-electron chi connectivity index (χ2n) is 5.45. The van der Waals surface area contributed by atoms with E-state index in [1.807, 2.05) is 13.8 Å². The van der Waals surface area contributed by atoms with Crippen LogP contribution in [0.5, 0.6) is 0 Å². The molecule has 0 aliphatic heterocycles. The summed E-state index contributed by atoms with van der Waals surface area (Å²) >= 11 is 0. The van der Waals surface area contributed by atoms with Gasteiger partial charge < -0.3 is 15.7 Å². The zero-order chi connectivity index (χ0) is 16.0. The minimum Gasteiger partial charge on any atom is -0.387 e. The van der Waals surface area contributed by atoms with Crippen molar-refractivity contribution in [1.29, 1.82) is 0 Å². The van der Waals surface area contributed by atoms with Crippen LogP contribution in [0.15, 0.2) is 18.2 Å². The van der Waals surface area contributed by atoms with Gasteiger partial charge in [0.15, 0.2) is 0 Å². The molecule has 4 nitrogen and oxygen atoms in total. The molecule has 0 heterocycles. The molecule has 21 heavy (non-hydrogen) atoms.